The maximum Gasteiger partial charge on any atom is 0.150 e. The van der Waals surface area contributed by atoms with Gasteiger partial charge in [0.1, 0.15) is 17.9 Å². The Balaban J connectivity index is 1.72. The monoisotopic (exact) mass is 557 g/mol. The number of rotatable bonds is 7. The Hall–Kier alpha value is -2.27. The van der Waals surface area contributed by atoms with Crippen LogP contribution in [-0.2, 0) is 0 Å². The highest BCUT2D eigenvalue weighted by atomic mass is 35.5. The molecule has 0 N–H and O–H groups in total. The summed E-state index contributed by atoms with van der Waals surface area (Å²) >= 11 is 6.69. The number of aromatic nitrogens is 2. The average molecular weight is 557 g/mol. The number of benzene rings is 3. The zero-order chi connectivity index (χ0) is 29.1. The first-order valence-electron chi connectivity index (χ1n) is 12.7. The third kappa shape index (κ3) is 4.80. The zero-order valence-corrected chi connectivity index (χ0v) is 24.1. The van der Waals surface area contributed by atoms with Crippen LogP contribution in [-0.4, -0.2) is 85.7 Å². The number of aldehydes is 1. The molecule has 2 unspecified atom stereocenters. The van der Waals surface area contributed by atoms with Crippen molar-refractivity contribution in [3.05, 3.63) is 82.4 Å². The van der Waals surface area contributed by atoms with Crippen molar-refractivity contribution in [1.29, 1.82) is 0 Å². The lowest BCUT2D eigenvalue weighted by Crippen LogP contribution is -2.58. The molecule has 0 saturated heterocycles. The van der Waals surface area contributed by atoms with Crippen LogP contribution in [0.15, 0.2) is 54.6 Å². The second kappa shape index (κ2) is 10.5. The minimum atomic E-state index is -1.93. The van der Waals surface area contributed by atoms with Gasteiger partial charge in [-0.1, -0.05) is 55.2 Å². The molecule has 4 aromatic rings. The van der Waals surface area contributed by atoms with Crippen LogP contribution in [0.5, 0.6) is 0 Å². The lowest BCUT2D eigenvalue weighted by molar-refractivity contribution is 0.112. The molecule has 4 nitrogen and oxygen atoms in total. The van der Waals surface area contributed by atoms with Gasteiger partial charge in [0.2, 0.25) is 0 Å². The predicted molar refractivity (Wildman–Crippen MR) is 168 cm³/mol. The molecule has 0 bridgehead atoms. The highest BCUT2D eigenvalue weighted by molar-refractivity contribution is 7.64. The smallest absolute Gasteiger partial charge is 0.150 e. The number of nitrogens with zero attached hydrogens (tertiary/aromatic N) is 3. The van der Waals surface area contributed by atoms with Gasteiger partial charge in [0.05, 0.1) is 62.3 Å². The van der Waals surface area contributed by atoms with Crippen LogP contribution in [0.25, 0.3) is 22.2 Å². The molecule has 0 amide bonds. The Bertz CT molecular complexity index is 1620. The fraction of sp³-hybridized carbons (Fsp3) is 0.286. The van der Waals surface area contributed by atoms with E-state index in [2.05, 4.69) is 0 Å². The van der Waals surface area contributed by atoms with Crippen molar-refractivity contribution in [2.75, 3.05) is 20.4 Å². The predicted octanol–water partition coefficient (Wildman–Crippen LogP) is 4.21. The van der Waals surface area contributed by atoms with Gasteiger partial charge in [0.15, 0.2) is 0 Å². The summed E-state index contributed by atoms with van der Waals surface area (Å²) in [5.74, 6) is 0.402. The van der Waals surface area contributed by atoms with Crippen molar-refractivity contribution in [1.82, 2.24) is 14.5 Å². The van der Waals surface area contributed by atoms with Crippen molar-refractivity contribution in [3.63, 3.8) is 0 Å². The highest BCUT2D eigenvalue weighted by Gasteiger charge is 2.44. The number of imidazole rings is 1. The van der Waals surface area contributed by atoms with Crippen LogP contribution in [0.4, 0.5) is 4.39 Å². The van der Waals surface area contributed by atoms with Gasteiger partial charge in [-0.2, -0.15) is 0 Å². The summed E-state index contributed by atoms with van der Waals surface area (Å²) in [4.78, 5) is 18.6. The molecule has 40 heavy (non-hydrogen) atoms. The molecule has 12 heteroatoms. The lowest BCUT2D eigenvalue weighted by Gasteiger charge is -2.51. The maximum atomic E-state index is 14.9. The van der Waals surface area contributed by atoms with Crippen LogP contribution < -0.4 is 5.30 Å². The van der Waals surface area contributed by atoms with E-state index in [0.717, 1.165) is 28.2 Å². The zero-order valence-electron chi connectivity index (χ0n) is 22.5. The van der Waals surface area contributed by atoms with Crippen LogP contribution >= 0.6 is 19.5 Å². The number of fused-ring (bicyclic) bond motifs is 3. The van der Waals surface area contributed by atoms with E-state index in [-0.39, 0.29) is 5.82 Å². The summed E-state index contributed by atoms with van der Waals surface area (Å²) in [6.07, 6.45) is 1.19. The van der Waals surface area contributed by atoms with E-state index >= 15 is 0 Å². The highest BCUT2D eigenvalue weighted by Crippen LogP contribution is 2.48. The molecule has 0 aliphatic carbocycles. The molecule has 1 aliphatic rings. The first kappa shape index (κ1) is 29.2. The summed E-state index contributed by atoms with van der Waals surface area (Å²) in [5, 5.41) is -2.59. The summed E-state index contributed by atoms with van der Waals surface area (Å²) in [6, 6.07) is 15.4. The van der Waals surface area contributed by atoms with Crippen LogP contribution in [0.1, 0.15) is 40.3 Å². The molecule has 3 aromatic carbocycles. The van der Waals surface area contributed by atoms with E-state index in [9.17, 15) is 9.18 Å². The third-order valence-corrected chi connectivity index (χ3v) is 9.48. The molecular formula is C28H23B5ClFN3OP. The van der Waals surface area contributed by atoms with E-state index in [0.29, 0.717) is 33.9 Å². The molecule has 0 fully saturated rings. The number of carbonyl (C=O) groups is 1. The fourth-order valence-corrected chi connectivity index (χ4v) is 6.65. The number of carbonyl (C=O) groups excluding carboxylic acids is 1. The Morgan fingerprint density at radius 3 is 2.38 bits per heavy atom. The van der Waals surface area contributed by atoms with E-state index < -0.39 is 30.5 Å². The minimum absolute atomic E-state index is 0.227. The van der Waals surface area contributed by atoms with E-state index in [1.807, 2.05) is 48.2 Å². The summed E-state index contributed by atoms with van der Waals surface area (Å²) in [6.45, 7) is 4.04. The second-order valence-electron chi connectivity index (χ2n) is 10.6. The van der Waals surface area contributed by atoms with Crippen molar-refractivity contribution in [2.45, 2.75) is 29.0 Å². The largest absolute Gasteiger partial charge is 0.319 e. The summed E-state index contributed by atoms with van der Waals surface area (Å²) < 4.78 is 16.9. The lowest BCUT2D eigenvalue weighted by atomic mass is 9.26. The van der Waals surface area contributed by atoms with E-state index in [1.165, 1.54) is 0 Å². The van der Waals surface area contributed by atoms with Crippen LogP contribution in [0.3, 0.4) is 0 Å². The number of hydrogen-bond donors (Lipinski definition) is 0. The van der Waals surface area contributed by atoms with Gasteiger partial charge in [-0.25, -0.2) is 9.37 Å². The van der Waals surface area contributed by atoms with Gasteiger partial charge in [0, 0.05) is 21.5 Å². The molecule has 190 valence electrons. The van der Waals surface area contributed by atoms with Gasteiger partial charge in [-0.3, -0.25) is 4.79 Å². The van der Waals surface area contributed by atoms with E-state index in [1.54, 1.807) is 36.2 Å². The van der Waals surface area contributed by atoms with Crippen molar-refractivity contribution in [2.24, 2.45) is 0 Å². The SMILES string of the molecule is [B]C([B])([B])C([B])([B])N(C)C1CC(c2c(Cl)cccc2C=O)n2c1nc1ccc(-c3ccc(P(C)C)c(F)c3)cc12. The Labute approximate surface area is 247 Å². The van der Waals surface area contributed by atoms with Gasteiger partial charge in [-0.15, -0.1) is 5.11 Å². The van der Waals surface area contributed by atoms with Gasteiger partial charge >= 0.3 is 0 Å². The third-order valence-electron chi connectivity index (χ3n) is 7.83. The summed E-state index contributed by atoms with van der Waals surface area (Å²) in [7, 11) is 31.7. The first-order chi connectivity index (χ1) is 18.8. The normalized spacial score (nSPS) is 17.6. The number of hydrogen-bond acceptors (Lipinski definition) is 3. The standard InChI is InChI=1S/C28H23B5ClFN3OP/c1-37(28(32,33)27(29,30)31)23-13-22(25-17(14-39)5-4-6-18(25)34)38-21-12-16(7-9-20(21)36-26(23)38)15-8-10-24(40(2)3)19(35)11-15/h4-12,14,22-23H,13H2,1-3H3. The van der Waals surface area contributed by atoms with Crippen molar-refractivity contribution >= 4 is 81.4 Å². The maximum absolute atomic E-state index is 14.9. The van der Waals surface area contributed by atoms with Gasteiger partial charge in [0.25, 0.3) is 0 Å². The van der Waals surface area contributed by atoms with E-state index in [4.69, 9.17) is 55.8 Å². The van der Waals surface area contributed by atoms with Gasteiger partial charge in [-0.05, 0) is 62.2 Å². The average Bonchev–Trinajstić information content (AvgIpc) is 3.44. The molecule has 1 aliphatic heterocycles. The van der Waals surface area contributed by atoms with Crippen molar-refractivity contribution < 1.29 is 9.18 Å². The van der Waals surface area contributed by atoms with Gasteiger partial charge < -0.3 is 9.47 Å². The van der Waals surface area contributed by atoms with Crippen molar-refractivity contribution in [3.8, 4) is 11.1 Å². The Kier molecular flexibility index (Phi) is 7.70. The number of halogens is 2. The fourth-order valence-electron chi connectivity index (χ4n) is 5.47. The molecule has 10 radical (unpaired) electrons. The first-order valence-corrected chi connectivity index (χ1v) is 15.3. The molecule has 0 saturated carbocycles. The molecule has 2 atom stereocenters. The molecule has 2 heterocycles. The molecular weight excluding hydrogens is 534 g/mol. The minimum Gasteiger partial charge on any atom is -0.319 e. The Morgan fingerprint density at radius 1 is 1.07 bits per heavy atom. The molecule has 5 rings (SSSR count). The molecule has 0 spiro atoms. The second-order valence-corrected chi connectivity index (χ2v) is 13.3. The molecule has 1 aromatic heterocycles. The summed E-state index contributed by atoms with van der Waals surface area (Å²) in [5.41, 5.74) is 4.14. The van der Waals surface area contributed by atoms with Crippen LogP contribution in [0, 0.1) is 5.82 Å². The Morgan fingerprint density at radius 2 is 1.75 bits per heavy atom. The van der Waals surface area contributed by atoms with Crippen LogP contribution in [0.2, 0.25) is 10.1 Å². The quantitative estimate of drug-likeness (QED) is 0.194. The topological polar surface area (TPSA) is 38.1 Å².